The fourth-order valence-corrected chi connectivity index (χ4v) is 2.77. The van der Waals surface area contributed by atoms with Gasteiger partial charge in [-0.3, -0.25) is 0 Å². The molecule has 1 aromatic carbocycles. The van der Waals surface area contributed by atoms with Crippen LogP contribution in [0.1, 0.15) is 31.2 Å². The van der Waals surface area contributed by atoms with E-state index in [1.54, 1.807) is 7.11 Å². The van der Waals surface area contributed by atoms with Gasteiger partial charge in [-0.25, -0.2) is 0 Å². The quantitative estimate of drug-likeness (QED) is 0.897. The molecule has 2 rings (SSSR count). The zero-order valence-corrected chi connectivity index (χ0v) is 11.6. The van der Waals surface area contributed by atoms with Gasteiger partial charge in [0, 0.05) is 12.6 Å². The molecule has 0 amide bonds. The van der Waals surface area contributed by atoms with Crippen LogP contribution in [-0.4, -0.2) is 18.3 Å². The van der Waals surface area contributed by atoms with E-state index in [1.807, 2.05) is 12.1 Å². The maximum atomic E-state index is 9.71. The number of hydrogen-bond acceptors (Lipinski definition) is 3. The van der Waals surface area contributed by atoms with Crippen molar-refractivity contribution in [2.24, 2.45) is 0 Å². The zero-order chi connectivity index (χ0) is 12.3. The number of ether oxygens (including phenoxy) is 1. The van der Waals surface area contributed by atoms with E-state index in [0.717, 1.165) is 12.1 Å². The van der Waals surface area contributed by atoms with E-state index in [1.165, 1.54) is 25.7 Å². The Bertz CT molecular complexity index is 389. The van der Waals surface area contributed by atoms with Crippen LogP contribution in [0, 0.1) is 0 Å². The van der Waals surface area contributed by atoms with E-state index < -0.39 is 0 Å². The first-order valence-corrected chi connectivity index (χ1v) is 6.78. The number of aromatic hydroxyl groups is 1. The third-order valence-electron chi connectivity index (χ3n) is 3.26. The molecule has 0 aliphatic heterocycles. The van der Waals surface area contributed by atoms with Gasteiger partial charge < -0.3 is 15.2 Å². The largest absolute Gasteiger partial charge is 0.503 e. The highest BCUT2D eigenvalue weighted by Crippen LogP contribution is 2.35. The van der Waals surface area contributed by atoms with Crippen LogP contribution < -0.4 is 10.1 Å². The van der Waals surface area contributed by atoms with Crippen LogP contribution in [0.15, 0.2) is 16.6 Å². The van der Waals surface area contributed by atoms with Crippen LogP contribution in [0.2, 0.25) is 0 Å². The highest BCUT2D eigenvalue weighted by Gasteiger charge is 2.15. The maximum Gasteiger partial charge on any atom is 0.172 e. The fourth-order valence-electron chi connectivity index (χ4n) is 2.28. The number of phenolic OH excluding ortho intramolecular Hbond substituents is 1. The topological polar surface area (TPSA) is 41.5 Å². The number of phenols is 1. The summed E-state index contributed by atoms with van der Waals surface area (Å²) in [4.78, 5) is 0. The summed E-state index contributed by atoms with van der Waals surface area (Å²) in [5, 5.41) is 13.2. The number of nitrogens with one attached hydrogen (secondary N) is 1. The van der Waals surface area contributed by atoms with Crippen LogP contribution in [0.4, 0.5) is 0 Å². The van der Waals surface area contributed by atoms with Crippen LogP contribution in [0.3, 0.4) is 0 Å². The van der Waals surface area contributed by atoms with Crippen molar-refractivity contribution >= 4 is 15.9 Å². The number of methoxy groups -OCH3 is 1. The SMILES string of the molecule is COc1cc(CNC2CCCC2)cc(Br)c1O. The van der Waals surface area contributed by atoms with Gasteiger partial charge in [-0.2, -0.15) is 0 Å². The third kappa shape index (κ3) is 3.13. The maximum absolute atomic E-state index is 9.71. The molecule has 1 aliphatic rings. The smallest absolute Gasteiger partial charge is 0.172 e. The normalized spacial score (nSPS) is 16.4. The first-order valence-electron chi connectivity index (χ1n) is 5.99. The minimum absolute atomic E-state index is 0.164. The summed E-state index contributed by atoms with van der Waals surface area (Å²) in [7, 11) is 1.57. The molecule has 0 unspecified atom stereocenters. The summed E-state index contributed by atoms with van der Waals surface area (Å²) in [6.45, 7) is 0.819. The Morgan fingerprint density at radius 1 is 1.41 bits per heavy atom. The molecule has 4 heteroatoms. The van der Waals surface area contributed by atoms with E-state index in [9.17, 15) is 5.11 Å². The standard InChI is InChI=1S/C13H18BrNO2/c1-17-12-7-9(6-11(14)13(12)16)8-15-10-4-2-3-5-10/h6-7,10,15-16H,2-5,8H2,1H3. The van der Waals surface area contributed by atoms with Gasteiger partial charge in [-0.1, -0.05) is 12.8 Å². The Hall–Kier alpha value is -0.740. The molecule has 3 nitrogen and oxygen atoms in total. The summed E-state index contributed by atoms with van der Waals surface area (Å²) in [5.41, 5.74) is 1.12. The molecule has 1 aromatic rings. The highest BCUT2D eigenvalue weighted by molar-refractivity contribution is 9.10. The van der Waals surface area contributed by atoms with Gasteiger partial charge in [-0.15, -0.1) is 0 Å². The molecule has 94 valence electrons. The molecule has 1 aliphatic carbocycles. The van der Waals surface area contributed by atoms with Gasteiger partial charge in [0.25, 0.3) is 0 Å². The molecule has 0 aromatic heterocycles. The van der Waals surface area contributed by atoms with Gasteiger partial charge in [0.05, 0.1) is 11.6 Å². The molecular weight excluding hydrogens is 282 g/mol. The number of hydrogen-bond donors (Lipinski definition) is 2. The van der Waals surface area contributed by atoms with Crippen molar-refractivity contribution in [1.82, 2.24) is 5.32 Å². The average molecular weight is 300 g/mol. The van der Waals surface area contributed by atoms with Gasteiger partial charge in [0.15, 0.2) is 11.5 Å². The summed E-state index contributed by atoms with van der Waals surface area (Å²) in [6, 6.07) is 4.45. The third-order valence-corrected chi connectivity index (χ3v) is 3.86. The van der Waals surface area contributed by atoms with Crippen molar-refractivity contribution in [3.8, 4) is 11.5 Å². The van der Waals surface area contributed by atoms with Crippen LogP contribution in [0.25, 0.3) is 0 Å². The van der Waals surface area contributed by atoms with E-state index in [0.29, 0.717) is 16.3 Å². The van der Waals surface area contributed by atoms with Crippen molar-refractivity contribution in [3.05, 3.63) is 22.2 Å². The lowest BCUT2D eigenvalue weighted by Crippen LogP contribution is -2.25. The van der Waals surface area contributed by atoms with Crippen molar-refractivity contribution in [2.75, 3.05) is 7.11 Å². The second-order valence-electron chi connectivity index (χ2n) is 4.49. The lowest BCUT2D eigenvalue weighted by molar-refractivity contribution is 0.371. The Kier molecular flexibility index (Phi) is 4.29. The molecule has 0 radical (unpaired) electrons. The van der Waals surface area contributed by atoms with Gasteiger partial charge in [0.2, 0.25) is 0 Å². The average Bonchev–Trinajstić information content (AvgIpc) is 2.83. The monoisotopic (exact) mass is 299 g/mol. The van der Waals surface area contributed by atoms with Gasteiger partial charge in [-0.05, 0) is 46.5 Å². The first kappa shape index (κ1) is 12.7. The Balaban J connectivity index is 2.02. The summed E-state index contributed by atoms with van der Waals surface area (Å²) < 4.78 is 5.81. The second-order valence-corrected chi connectivity index (χ2v) is 5.35. The molecule has 0 spiro atoms. The van der Waals surface area contributed by atoms with Gasteiger partial charge in [0.1, 0.15) is 0 Å². The Morgan fingerprint density at radius 2 is 2.12 bits per heavy atom. The van der Waals surface area contributed by atoms with Gasteiger partial charge >= 0.3 is 0 Å². The minimum Gasteiger partial charge on any atom is -0.503 e. The number of benzene rings is 1. The van der Waals surface area contributed by atoms with Crippen LogP contribution >= 0.6 is 15.9 Å². The van der Waals surface area contributed by atoms with Crippen molar-refractivity contribution in [2.45, 2.75) is 38.3 Å². The molecule has 0 atom stereocenters. The summed E-state index contributed by atoms with van der Waals surface area (Å²) in [5.74, 6) is 0.680. The van der Waals surface area contributed by atoms with E-state index in [4.69, 9.17) is 4.74 Å². The van der Waals surface area contributed by atoms with Crippen molar-refractivity contribution in [3.63, 3.8) is 0 Å². The molecule has 0 heterocycles. The van der Waals surface area contributed by atoms with E-state index in [2.05, 4.69) is 21.2 Å². The number of rotatable bonds is 4. The lowest BCUT2D eigenvalue weighted by atomic mass is 10.1. The molecule has 2 N–H and O–H groups in total. The summed E-state index contributed by atoms with van der Waals surface area (Å²) >= 11 is 3.33. The van der Waals surface area contributed by atoms with Crippen molar-refractivity contribution in [1.29, 1.82) is 0 Å². The fraction of sp³-hybridized carbons (Fsp3) is 0.538. The lowest BCUT2D eigenvalue weighted by Gasteiger charge is -2.13. The minimum atomic E-state index is 0.164. The van der Waals surface area contributed by atoms with E-state index in [-0.39, 0.29) is 5.75 Å². The second kappa shape index (κ2) is 5.74. The van der Waals surface area contributed by atoms with Crippen molar-refractivity contribution < 1.29 is 9.84 Å². The molecular formula is C13H18BrNO2. The zero-order valence-electron chi connectivity index (χ0n) is 10.0. The van der Waals surface area contributed by atoms with Crippen LogP contribution in [0.5, 0.6) is 11.5 Å². The van der Waals surface area contributed by atoms with Crippen LogP contribution in [-0.2, 0) is 6.54 Å². The number of halogens is 1. The Morgan fingerprint density at radius 3 is 2.76 bits per heavy atom. The predicted molar refractivity (Wildman–Crippen MR) is 71.5 cm³/mol. The molecule has 1 fully saturated rings. The molecule has 1 saturated carbocycles. The Labute approximate surface area is 110 Å². The van der Waals surface area contributed by atoms with E-state index >= 15 is 0 Å². The summed E-state index contributed by atoms with van der Waals surface area (Å²) in [6.07, 6.45) is 5.22. The highest BCUT2D eigenvalue weighted by atomic mass is 79.9. The first-order chi connectivity index (χ1) is 8.20. The predicted octanol–water partition coefficient (Wildman–Crippen LogP) is 3.20. The molecule has 0 saturated heterocycles. The molecule has 17 heavy (non-hydrogen) atoms. The molecule has 0 bridgehead atoms.